The van der Waals surface area contributed by atoms with Gasteiger partial charge in [-0.1, -0.05) is 56.2 Å². The third kappa shape index (κ3) is 8.31. The molecule has 1 N–H and O–H groups in total. The lowest BCUT2D eigenvalue weighted by Crippen LogP contribution is -2.47. The fraction of sp³-hybridized carbons (Fsp3) is 0.543. The number of rotatable bonds is 9. The van der Waals surface area contributed by atoms with E-state index in [0.29, 0.717) is 18.6 Å². The quantitative estimate of drug-likeness (QED) is 0.178. The number of esters is 1. The second-order valence-corrected chi connectivity index (χ2v) is 19.7. The zero-order chi connectivity index (χ0) is 40.8. The van der Waals surface area contributed by atoms with Gasteiger partial charge in [-0.25, -0.2) is 13.4 Å². The summed E-state index contributed by atoms with van der Waals surface area (Å²) in [5.74, 6) is -2.07. The Bertz CT molecular complexity index is 2220. The van der Waals surface area contributed by atoms with Crippen molar-refractivity contribution in [2.24, 2.45) is 29.1 Å². The molecule has 58 heavy (non-hydrogen) atoms. The number of aromatic nitrogens is 1. The van der Waals surface area contributed by atoms with Crippen LogP contribution in [0.3, 0.4) is 0 Å². The molecule has 2 aromatic carbocycles. The molecule has 308 valence electrons. The van der Waals surface area contributed by atoms with E-state index >= 15 is 0 Å². The summed E-state index contributed by atoms with van der Waals surface area (Å²) in [4.78, 5) is 63.5. The predicted octanol–water partition coefficient (Wildman–Crippen LogP) is 7.03. The molecule has 0 spiro atoms. The summed E-state index contributed by atoms with van der Waals surface area (Å²) < 4.78 is 40.7. The van der Waals surface area contributed by atoms with Gasteiger partial charge in [-0.05, 0) is 99.3 Å². The van der Waals surface area contributed by atoms with E-state index in [9.17, 15) is 27.6 Å². The molecule has 4 bridgehead atoms. The molecule has 6 atom stereocenters. The second-order valence-electron chi connectivity index (χ2n) is 17.7. The Morgan fingerprint density at radius 2 is 1.79 bits per heavy atom. The number of carbonyl (C=O) groups is 4. The molecule has 3 heterocycles. The lowest BCUT2D eigenvalue weighted by Gasteiger charge is -2.31. The van der Waals surface area contributed by atoms with Gasteiger partial charge in [0.25, 0.3) is 0 Å². The van der Waals surface area contributed by atoms with Crippen molar-refractivity contribution in [3.8, 4) is 17.0 Å². The summed E-state index contributed by atoms with van der Waals surface area (Å²) in [7, 11) is -3.85. The van der Waals surface area contributed by atoms with Gasteiger partial charge in [-0.2, -0.15) is 0 Å². The van der Waals surface area contributed by atoms with E-state index in [1.165, 1.54) is 5.56 Å². The molecule has 2 aliphatic heterocycles. The number of nitrogens with zero attached hydrogens (tertiary/aromatic N) is 2. The highest BCUT2D eigenvalue weighted by Gasteiger charge is 2.61. The standard InChI is InChI=1S/C46H55N3O8S/c1-4-33-24-46(33,45(53)48-58(54,55)35-17-18-35)25-41(50)40-21-34-26-49(40)44(52)36(30-12-8-9-13-30)22-43(51)56-27-28(2)11-10-16-32-20-37-39(19-29(32)3)47-38(23-42(37)57-34)31-14-6-5-7-15-31/h4-7,14-15,19-20,23,28,30,33-36,40H,1,8-13,16-18,21-22,24-27H2,2-3H3,(H,48,53)/t28?,33-,34-,36+,40+,46-/m1/s1. The number of ketones is 1. The van der Waals surface area contributed by atoms with E-state index in [1.54, 1.807) is 11.0 Å². The van der Waals surface area contributed by atoms with Gasteiger partial charge in [0.1, 0.15) is 11.9 Å². The molecule has 4 fully saturated rings. The summed E-state index contributed by atoms with van der Waals surface area (Å²) >= 11 is 0. The highest BCUT2D eigenvalue weighted by Crippen LogP contribution is 2.57. The third-order valence-corrected chi connectivity index (χ3v) is 15.2. The number of allylic oxidation sites excluding steroid dienone is 1. The number of benzene rings is 2. The summed E-state index contributed by atoms with van der Waals surface area (Å²) in [6.45, 7) is 8.41. The van der Waals surface area contributed by atoms with E-state index in [-0.39, 0.29) is 68.3 Å². The Balaban J connectivity index is 1.17. The van der Waals surface area contributed by atoms with Crippen LogP contribution in [0.2, 0.25) is 0 Å². The van der Waals surface area contributed by atoms with E-state index < -0.39 is 50.6 Å². The summed E-state index contributed by atoms with van der Waals surface area (Å²) in [5.41, 5.74) is 3.46. The van der Waals surface area contributed by atoms with Crippen molar-refractivity contribution in [2.75, 3.05) is 13.2 Å². The molecule has 8 rings (SSSR count). The maximum Gasteiger partial charge on any atom is 0.306 e. The second kappa shape index (κ2) is 16.2. The molecule has 1 aromatic heterocycles. The number of hydrogen-bond donors (Lipinski definition) is 1. The van der Waals surface area contributed by atoms with Crippen LogP contribution in [0.4, 0.5) is 0 Å². The van der Waals surface area contributed by atoms with Gasteiger partial charge in [-0.15, -0.1) is 6.58 Å². The average molecular weight is 810 g/mol. The number of aryl methyl sites for hydroxylation is 2. The average Bonchev–Trinajstić information content (AvgIpc) is 4.08. The van der Waals surface area contributed by atoms with Crippen molar-refractivity contribution in [3.63, 3.8) is 0 Å². The number of carbonyl (C=O) groups excluding carboxylic acids is 4. The minimum absolute atomic E-state index is 0.0312. The van der Waals surface area contributed by atoms with Crippen LogP contribution in [0, 0.1) is 36.0 Å². The Morgan fingerprint density at radius 1 is 1.03 bits per heavy atom. The van der Waals surface area contributed by atoms with Crippen LogP contribution in [0.15, 0.2) is 61.2 Å². The third-order valence-electron chi connectivity index (χ3n) is 13.4. The molecule has 1 unspecified atom stereocenters. The molecule has 3 saturated carbocycles. The van der Waals surface area contributed by atoms with Crippen molar-refractivity contribution in [3.05, 3.63) is 72.3 Å². The van der Waals surface area contributed by atoms with Crippen molar-refractivity contribution < 1.29 is 37.1 Å². The van der Waals surface area contributed by atoms with E-state index in [1.807, 2.05) is 36.4 Å². The van der Waals surface area contributed by atoms with Crippen LogP contribution < -0.4 is 9.46 Å². The van der Waals surface area contributed by atoms with Gasteiger partial charge in [0.15, 0.2) is 5.78 Å². The van der Waals surface area contributed by atoms with Crippen molar-refractivity contribution in [1.29, 1.82) is 0 Å². The number of ether oxygens (including phenoxy) is 2. The van der Waals surface area contributed by atoms with E-state index in [2.05, 4.69) is 37.3 Å². The first-order chi connectivity index (χ1) is 27.8. The minimum Gasteiger partial charge on any atom is -0.488 e. The van der Waals surface area contributed by atoms with Crippen LogP contribution in [0.25, 0.3) is 22.2 Å². The summed E-state index contributed by atoms with van der Waals surface area (Å²) in [6, 6.07) is 15.1. The zero-order valence-electron chi connectivity index (χ0n) is 33.6. The number of sulfonamides is 1. The lowest BCUT2D eigenvalue weighted by atomic mass is 9.86. The first-order valence-corrected chi connectivity index (χ1v) is 22.7. The van der Waals surface area contributed by atoms with E-state index in [4.69, 9.17) is 14.5 Å². The van der Waals surface area contributed by atoms with Gasteiger partial charge in [0, 0.05) is 29.9 Å². The van der Waals surface area contributed by atoms with Gasteiger partial charge in [-0.3, -0.25) is 23.9 Å². The molecule has 2 amide bonds. The van der Waals surface area contributed by atoms with Crippen LogP contribution >= 0.6 is 0 Å². The molecule has 3 aromatic rings. The molecule has 1 saturated heterocycles. The largest absolute Gasteiger partial charge is 0.488 e. The molecule has 12 heteroatoms. The highest BCUT2D eigenvalue weighted by atomic mass is 32.2. The zero-order valence-corrected chi connectivity index (χ0v) is 34.4. The molecular formula is C46H55N3O8S. The Hall–Kier alpha value is -4.58. The number of fused-ring (bicyclic) bond motifs is 3. The molecule has 5 aliphatic rings. The van der Waals surface area contributed by atoms with Crippen LogP contribution in [0.5, 0.6) is 5.75 Å². The number of amides is 2. The predicted molar refractivity (Wildman–Crippen MR) is 220 cm³/mol. The maximum absolute atomic E-state index is 14.9. The minimum atomic E-state index is -3.85. The number of hydrogen-bond acceptors (Lipinski definition) is 9. The molecule has 3 aliphatic carbocycles. The number of cyclic esters (lactones) is 1. The van der Waals surface area contributed by atoms with Crippen molar-refractivity contribution in [1.82, 2.24) is 14.6 Å². The van der Waals surface area contributed by atoms with Crippen LogP contribution in [-0.2, 0) is 40.4 Å². The summed E-state index contributed by atoms with van der Waals surface area (Å²) in [5, 5.41) is 0.248. The Kier molecular flexibility index (Phi) is 11.2. The molecule has 11 nitrogen and oxygen atoms in total. The van der Waals surface area contributed by atoms with Gasteiger partial charge in [0.05, 0.1) is 53.4 Å². The Morgan fingerprint density at radius 3 is 2.50 bits per heavy atom. The summed E-state index contributed by atoms with van der Waals surface area (Å²) in [6.07, 6.45) is 8.26. The first kappa shape index (κ1) is 40.2. The monoisotopic (exact) mass is 809 g/mol. The SMILES string of the molecule is C=C[C@@H]1C[C@]1(CC(=O)[C@@H]1C[C@@H]2CN1C(=O)[C@H](C1CCCC1)CC(=O)OCC(C)CCCc1cc3c(cc(-c4ccccc4)nc3cc1C)O2)C(=O)NS(=O)(=O)C1CC1. The smallest absolute Gasteiger partial charge is 0.306 e. The van der Waals surface area contributed by atoms with Gasteiger partial charge < -0.3 is 14.4 Å². The highest BCUT2D eigenvalue weighted by molar-refractivity contribution is 7.90. The lowest BCUT2D eigenvalue weighted by molar-refractivity contribution is -0.152. The van der Waals surface area contributed by atoms with Gasteiger partial charge >= 0.3 is 5.97 Å². The van der Waals surface area contributed by atoms with Crippen LogP contribution in [-0.4, -0.2) is 72.4 Å². The first-order valence-electron chi connectivity index (χ1n) is 21.2. The van der Waals surface area contributed by atoms with Crippen molar-refractivity contribution >= 4 is 44.5 Å². The van der Waals surface area contributed by atoms with E-state index in [0.717, 1.165) is 72.7 Å². The molecular weight excluding hydrogens is 755 g/mol. The topological polar surface area (TPSA) is 149 Å². The fourth-order valence-electron chi connectivity index (χ4n) is 9.66. The van der Waals surface area contributed by atoms with Crippen molar-refractivity contribution in [2.45, 2.75) is 115 Å². The fourth-order valence-corrected chi connectivity index (χ4v) is 11.0. The number of nitrogens with one attached hydrogen (secondary N) is 1. The number of Topliss-reactive ketones (excluding diaryl/α,β-unsaturated/α-hetero) is 1. The van der Waals surface area contributed by atoms with Crippen LogP contribution in [0.1, 0.15) is 95.1 Å². The Labute approximate surface area is 341 Å². The number of pyridine rings is 1. The van der Waals surface area contributed by atoms with Gasteiger partial charge in [0.2, 0.25) is 21.8 Å². The molecule has 0 radical (unpaired) electrons. The normalized spacial score (nSPS) is 28.4. The maximum atomic E-state index is 14.9.